The van der Waals surface area contributed by atoms with E-state index in [1.54, 1.807) is 0 Å². The molecule has 4 rings (SSSR count). The van der Waals surface area contributed by atoms with E-state index in [1.165, 1.54) is 0 Å². The monoisotopic (exact) mass is 396 g/mol. The molecule has 1 unspecified atom stereocenters. The molecule has 0 aliphatic rings. The fourth-order valence-corrected chi connectivity index (χ4v) is 4.03. The van der Waals surface area contributed by atoms with Gasteiger partial charge in [0.15, 0.2) is 0 Å². The van der Waals surface area contributed by atoms with Crippen molar-refractivity contribution in [1.29, 1.82) is 0 Å². The van der Waals surface area contributed by atoms with Gasteiger partial charge in [-0.15, -0.1) is 0 Å². The fourth-order valence-electron chi connectivity index (χ4n) is 4.03. The van der Waals surface area contributed by atoms with E-state index < -0.39 is 5.60 Å². The summed E-state index contributed by atoms with van der Waals surface area (Å²) in [4.78, 5) is 6.85. The largest absolute Gasteiger partial charge is 0.380 e. The number of benzene rings is 3. The summed E-state index contributed by atoms with van der Waals surface area (Å²) in [5.74, 6) is 0. The van der Waals surface area contributed by atoms with Gasteiger partial charge in [-0.3, -0.25) is 4.98 Å². The van der Waals surface area contributed by atoms with Crippen molar-refractivity contribution in [2.24, 2.45) is 0 Å². The molecule has 0 spiro atoms. The van der Waals surface area contributed by atoms with Gasteiger partial charge in [0.1, 0.15) is 5.60 Å². The fraction of sp³-hybridized carbons (Fsp3) is 0.222. The van der Waals surface area contributed by atoms with E-state index in [0.29, 0.717) is 6.42 Å². The predicted octanol–water partition coefficient (Wildman–Crippen LogP) is 5.40. The number of pyridine rings is 1. The maximum atomic E-state index is 11.9. The van der Waals surface area contributed by atoms with Crippen LogP contribution in [0.3, 0.4) is 0 Å². The molecule has 3 heteroatoms. The van der Waals surface area contributed by atoms with Crippen molar-refractivity contribution in [2.45, 2.75) is 18.9 Å². The third-order valence-electron chi connectivity index (χ3n) is 5.67. The maximum Gasteiger partial charge on any atom is 0.116 e. The van der Waals surface area contributed by atoms with Crippen molar-refractivity contribution in [3.05, 3.63) is 102 Å². The summed E-state index contributed by atoms with van der Waals surface area (Å²) >= 11 is 0. The molecule has 0 amide bonds. The number of nitrogens with zero attached hydrogens (tertiary/aromatic N) is 2. The highest BCUT2D eigenvalue weighted by molar-refractivity contribution is 5.95. The average Bonchev–Trinajstić information content (AvgIpc) is 2.77. The number of aryl methyl sites for hydroxylation is 1. The highest BCUT2D eigenvalue weighted by atomic mass is 16.3. The van der Waals surface area contributed by atoms with E-state index in [1.807, 2.05) is 69.6 Å². The molecule has 3 aromatic carbocycles. The summed E-state index contributed by atoms with van der Waals surface area (Å²) in [6.07, 6.45) is 0.607. The van der Waals surface area contributed by atoms with Gasteiger partial charge in [0.05, 0.1) is 5.52 Å². The molecule has 1 heterocycles. The second-order valence-corrected chi connectivity index (χ2v) is 8.19. The molecule has 0 saturated heterocycles. The molecule has 3 nitrogen and oxygen atoms in total. The number of hydrogen-bond donors (Lipinski definition) is 1. The van der Waals surface area contributed by atoms with Crippen LogP contribution < -0.4 is 0 Å². The summed E-state index contributed by atoms with van der Waals surface area (Å²) in [6, 6.07) is 28.6. The van der Waals surface area contributed by atoms with Gasteiger partial charge in [0, 0.05) is 17.6 Å². The van der Waals surface area contributed by atoms with Gasteiger partial charge in [-0.2, -0.15) is 0 Å². The summed E-state index contributed by atoms with van der Waals surface area (Å²) in [6.45, 7) is 2.80. The second kappa shape index (κ2) is 8.39. The van der Waals surface area contributed by atoms with Crippen molar-refractivity contribution in [2.75, 3.05) is 20.6 Å². The van der Waals surface area contributed by atoms with Crippen LogP contribution in [0, 0.1) is 6.92 Å². The molecule has 0 aliphatic heterocycles. The lowest BCUT2D eigenvalue weighted by Gasteiger charge is -2.31. The van der Waals surface area contributed by atoms with Gasteiger partial charge in [-0.05, 0) is 67.9 Å². The van der Waals surface area contributed by atoms with Crippen LogP contribution in [-0.4, -0.2) is 35.6 Å². The molecule has 0 radical (unpaired) electrons. The van der Waals surface area contributed by atoms with E-state index in [4.69, 9.17) is 4.98 Å². The highest BCUT2D eigenvalue weighted by Gasteiger charge is 2.31. The minimum Gasteiger partial charge on any atom is -0.380 e. The lowest BCUT2D eigenvalue weighted by molar-refractivity contribution is 0.0630. The van der Waals surface area contributed by atoms with Crippen LogP contribution >= 0.6 is 0 Å². The van der Waals surface area contributed by atoms with Gasteiger partial charge >= 0.3 is 0 Å². The molecular weight excluding hydrogens is 368 g/mol. The molecule has 1 N–H and O–H groups in total. The molecule has 152 valence electrons. The van der Waals surface area contributed by atoms with E-state index in [-0.39, 0.29) is 0 Å². The zero-order valence-electron chi connectivity index (χ0n) is 17.8. The van der Waals surface area contributed by atoms with E-state index in [9.17, 15) is 5.11 Å². The molecule has 1 aromatic heterocycles. The average molecular weight is 397 g/mol. The molecule has 1 atom stereocenters. The normalized spacial score (nSPS) is 13.5. The van der Waals surface area contributed by atoms with Gasteiger partial charge in [0.25, 0.3) is 0 Å². The summed E-state index contributed by atoms with van der Waals surface area (Å²) in [7, 11) is 4.07. The van der Waals surface area contributed by atoms with E-state index in [2.05, 4.69) is 41.3 Å². The number of aromatic nitrogens is 1. The Hall–Kier alpha value is -3.01. The Bertz CT molecular complexity index is 1140. The number of rotatable bonds is 6. The van der Waals surface area contributed by atoms with Gasteiger partial charge in [-0.25, -0.2) is 0 Å². The van der Waals surface area contributed by atoms with Gasteiger partial charge < -0.3 is 10.0 Å². The van der Waals surface area contributed by atoms with Gasteiger partial charge in [0.2, 0.25) is 0 Å². The smallest absolute Gasteiger partial charge is 0.116 e. The molecule has 30 heavy (non-hydrogen) atoms. The van der Waals surface area contributed by atoms with Crippen LogP contribution in [0.1, 0.15) is 23.2 Å². The van der Waals surface area contributed by atoms with Crippen LogP contribution in [0.15, 0.2) is 84.9 Å². The zero-order chi connectivity index (χ0) is 21.1. The third kappa shape index (κ3) is 4.00. The molecule has 0 bridgehead atoms. The SMILES string of the molecule is Cc1cc(-c2ccccc2)c2cc(C(O)(CCN(C)C)c3ccccc3)ccc2n1. The minimum absolute atomic E-state index is 0.607. The maximum absolute atomic E-state index is 11.9. The molecule has 0 aliphatic carbocycles. The van der Waals surface area contributed by atoms with Crippen LogP contribution in [0.5, 0.6) is 0 Å². The Morgan fingerprint density at radius 1 is 0.833 bits per heavy atom. The summed E-state index contributed by atoms with van der Waals surface area (Å²) in [5, 5.41) is 13.0. The van der Waals surface area contributed by atoms with Crippen LogP contribution in [0.25, 0.3) is 22.0 Å². The quantitative estimate of drug-likeness (QED) is 0.474. The lowest BCUT2D eigenvalue weighted by atomic mass is 9.82. The number of aliphatic hydroxyl groups is 1. The molecule has 4 aromatic rings. The van der Waals surface area contributed by atoms with Crippen molar-refractivity contribution >= 4 is 10.9 Å². The summed E-state index contributed by atoms with van der Waals surface area (Å²) < 4.78 is 0. The lowest BCUT2D eigenvalue weighted by Crippen LogP contribution is -2.31. The Morgan fingerprint density at radius 2 is 1.50 bits per heavy atom. The summed E-state index contributed by atoms with van der Waals surface area (Å²) in [5.41, 5.74) is 4.96. The third-order valence-corrected chi connectivity index (χ3v) is 5.67. The second-order valence-electron chi connectivity index (χ2n) is 8.19. The van der Waals surface area contributed by atoms with Crippen LogP contribution in [0.2, 0.25) is 0 Å². The Morgan fingerprint density at radius 3 is 2.17 bits per heavy atom. The van der Waals surface area contributed by atoms with E-state index in [0.717, 1.165) is 45.4 Å². The van der Waals surface area contributed by atoms with E-state index >= 15 is 0 Å². The minimum atomic E-state index is -1.07. The number of hydrogen-bond acceptors (Lipinski definition) is 3. The Kier molecular flexibility index (Phi) is 5.67. The van der Waals surface area contributed by atoms with Crippen molar-refractivity contribution < 1.29 is 5.11 Å². The van der Waals surface area contributed by atoms with Crippen molar-refractivity contribution in [3.8, 4) is 11.1 Å². The first-order valence-electron chi connectivity index (χ1n) is 10.4. The van der Waals surface area contributed by atoms with Crippen LogP contribution in [0.4, 0.5) is 0 Å². The first kappa shape index (κ1) is 20.3. The topological polar surface area (TPSA) is 36.4 Å². The van der Waals surface area contributed by atoms with Crippen molar-refractivity contribution in [1.82, 2.24) is 9.88 Å². The Labute approximate surface area is 178 Å². The first-order chi connectivity index (χ1) is 14.5. The molecule has 0 fully saturated rings. The highest BCUT2D eigenvalue weighted by Crippen LogP contribution is 2.37. The first-order valence-corrected chi connectivity index (χ1v) is 10.4. The predicted molar refractivity (Wildman–Crippen MR) is 125 cm³/mol. The molecule has 0 saturated carbocycles. The number of fused-ring (bicyclic) bond motifs is 1. The van der Waals surface area contributed by atoms with Crippen molar-refractivity contribution in [3.63, 3.8) is 0 Å². The van der Waals surface area contributed by atoms with Gasteiger partial charge in [-0.1, -0.05) is 66.7 Å². The zero-order valence-corrected chi connectivity index (χ0v) is 17.8. The standard InChI is InChI=1S/C27H28N2O/c1-20-18-24(21-10-6-4-7-11-21)25-19-23(14-15-26(25)28-20)27(30,16-17-29(2)3)22-12-8-5-9-13-22/h4-15,18-19,30H,16-17H2,1-3H3. The molecular formula is C27H28N2O. The van der Waals surface area contributed by atoms with Crippen LogP contribution in [-0.2, 0) is 5.60 Å². The Balaban J connectivity index is 1.91.